The number of benzene rings is 1. The Labute approximate surface area is 118 Å². The van der Waals surface area contributed by atoms with Gasteiger partial charge in [-0.1, -0.05) is 29.8 Å². The molecular formula is C14H23BrN2O. The fourth-order valence-corrected chi connectivity index (χ4v) is 2.16. The van der Waals surface area contributed by atoms with Crippen molar-refractivity contribution in [1.82, 2.24) is 4.90 Å². The van der Waals surface area contributed by atoms with Gasteiger partial charge in [-0.25, -0.2) is 0 Å². The molecule has 0 bridgehead atoms. The molecule has 1 unspecified atom stereocenters. The Morgan fingerprint density at radius 1 is 1.39 bits per heavy atom. The van der Waals surface area contributed by atoms with Crippen molar-refractivity contribution in [1.29, 1.82) is 0 Å². The van der Waals surface area contributed by atoms with Crippen LogP contribution in [0.2, 0.25) is 0 Å². The van der Waals surface area contributed by atoms with Gasteiger partial charge >= 0.3 is 0 Å². The predicted molar refractivity (Wildman–Crippen MR) is 79.6 cm³/mol. The van der Waals surface area contributed by atoms with E-state index in [1.807, 2.05) is 19.2 Å². The lowest BCUT2D eigenvalue weighted by atomic mass is 10.0. The third-order valence-electron chi connectivity index (χ3n) is 3.18. The van der Waals surface area contributed by atoms with E-state index < -0.39 is 0 Å². The minimum atomic E-state index is 0.239. The Hall–Kier alpha value is -0.580. The summed E-state index contributed by atoms with van der Waals surface area (Å²) in [5, 5.41) is 9.78. The van der Waals surface area contributed by atoms with E-state index in [2.05, 4.69) is 34.7 Å². The molecule has 1 atom stereocenters. The molecule has 0 fully saturated rings. The fraction of sp³-hybridized carbons (Fsp3) is 0.571. The molecule has 0 aromatic heterocycles. The summed E-state index contributed by atoms with van der Waals surface area (Å²) in [6.07, 6.45) is 0.975. The fourth-order valence-electron chi connectivity index (χ4n) is 1.75. The van der Waals surface area contributed by atoms with Gasteiger partial charge in [0.05, 0.1) is 0 Å². The summed E-state index contributed by atoms with van der Waals surface area (Å²) in [4.78, 5) is 2.18. The minimum Gasteiger partial charge on any atom is -0.508 e. The van der Waals surface area contributed by atoms with Crippen LogP contribution in [0.15, 0.2) is 22.7 Å². The van der Waals surface area contributed by atoms with Crippen LogP contribution in [0.3, 0.4) is 0 Å². The highest BCUT2D eigenvalue weighted by atomic mass is 79.9. The molecular weight excluding hydrogens is 292 g/mol. The molecule has 0 aliphatic rings. The van der Waals surface area contributed by atoms with E-state index in [1.54, 1.807) is 6.07 Å². The first-order chi connectivity index (χ1) is 8.40. The molecule has 102 valence electrons. The molecule has 0 saturated carbocycles. The second-order valence-electron chi connectivity index (χ2n) is 5.21. The summed E-state index contributed by atoms with van der Waals surface area (Å²) in [5.41, 5.74) is 6.96. The van der Waals surface area contributed by atoms with Crippen molar-refractivity contribution in [3.8, 4) is 5.75 Å². The highest BCUT2D eigenvalue weighted by Crippen LogP contribution is 2.23. The topological polar surface area (TPSA) is 49.5 Å². The first-order valence-electron chi connectivity index (χ1n) is 6.31. The number of rotatable bonds is 6. The van der Waals surface area contributed by atoms with Crippen LogP contribution in [-0.4, -0.2) is 29.6 Å². The summed E-state index contributed by atoms with van der Waals surface area (Å²) in [6.45, 7) is 5.96. The van der Waals surface area contributed by atoms with Crippen LogP contribution in [0, 0.1) is 5.92 Å². The van der Waals surface area contributed by atoms with Crippen LogP contribution in [0.1, 0.15) is 25.8 Å². The van der Waals surface area contributed by atoms with Crippen LogP contribution in [0.4, 0.5) is 0 Å². The van der Waals surface area contributed by atoms with Gasteiger partial charge in [-0.3, -0.25) is 0 Å². The molecule has 3 nitrogen and oxygen atoms in total. The summed E-state index contributed by atoms with van der Waals surface area (Å²) < 4.78 is 0.989. The van der Waals surface area contributed by atoms with Crippen molar-refractivity contribution in [2.24, 2.45) is 11.7 Å². The van der Waals surface area contributed by atoms with Crippen molar-refractivity contribution in [2.75, 3.05) is 13.6 Å². The number of halogens is 1. The molecule has 4 heteroatoms. The normalized spacial score (nSPS) is 13.3. The van der Waals surface area contributed by atoms with Crippen LogP contribution in [0.25, 0.3) is 0 Å². The van der Waals surface area contributed by atoms with Gasteiger partial charge in [0.15, 0.2) is 0 Å². The molecule has 0 heterocycles. The molecule has 0 radical (unpaired) electrons. The lowest BCUT2D eigenvalue weighted by Gasteiger charge is -2.21. The van der Waals surface area contributed by atoms with E-state index in [0.29, 0.717) is 11.7 Å². The van der Waals surface area contributed by atoms with Crippen LogP contribution >= 0.6 is 15.9 Å². The van der Waals surface area contributed by atoms with Gasteiger partial charge in [-0.15, -0.1) is 0 Å². The number of aromatic hydroxyl groups is 1. The first kappa shape index (κ1) is 15.5. The van der Waals surface area contributed by atoms with Gasteiger partial charge in [0, 0.05) is 22.6 Å². The van der Waals surface area contributed by atoms with E-state index >= 15 is 0 Å². The smallest absolute Gasteiger partial charge is 0.120 e. The van der Waals surface area contributed by atoms with Crippen LogP contribution < -0.4 is 5.73 Å². The summed E-state index contributed by atoms with van der Waals surface area (Å²) in [5.74, 6) is 0.857. The largest absolute Gasteiger partial charge is 0.508 e. The van der Waals surface area contributed by atoms with Gasteiger partial charge in [0.25, 0.3) is 0 Å². The SMILES string of the molecule is CC(C)C(N)CCN(C)Cc1cc(Br)ccc1O. The van der Waals surface area contributed by atoms with Crippen molar-refractivity contribution in [3.05, 3.63) is 28.2 Å². The molecule has 0 aliphatic heterocycles. The quantitative estimate of drug-likeness (QED) is 0.848. The zero-order valence-electron chi connectivity index (χ0n) is 11.4. The highest BCUT2D eigenvalue weighted by Gasteiger charge is 2.10. The molecule has 3 N–H and O–H groups in total. The Morgan fingerprint density at radius 2 is 2.06 bits per heavy atom. The number of phenols is 1. The van der Waals surface area contributed by atoms with E-state index in [-0.39, 0.29) is 6.04 Å². The van der Waals surface area contributed by atoms with E-state index in [1.165, 1.54) is 0 Å². The van der Waals surface area contributed by atoms with Gasteiger partial charge in [0.1, 0.15) is 5.75 Å². The zero-order valence-corrected chi connectivity index (χ0v) is 12.9. The van der Waals surface area contributed by atoms with Crippen LogP contribution in [0.5, 0.6) is 5.75 Å². The molecule has 0 spiro atoms. The number of hydrogen-bond acceptors (Lipinski definition) is 3. The molecule has 18 heavy (non-hydrogen) atoms. The predicted octanol–water partition coefficient (Wildman–Crippen LogP) is 2.96. The van der Waals surface area contributed by atoms with Gasteiger partial charge in [-0.05, 0) is 44.1 Å². The summed E-state index contributed by atoms with van der Waals surface area (Å²) in [6, 6.07) is 5.75. The standard InChI is InChI=1S/C14H23BrN2O/c1-10(2)13(16)6-7-17(3)9-11-8-12(15)4-5-14(11)18/h4-5,8,10,13,18H,6-7,9,16H2,1-3H3. The minimum absolute atomic E-state index is 0.239. The van der Waals surface area contributed by atoms with E-state index in [9.17, 15) is 5.11 Å². The van der Waals surface area contributed by atoms with E-state index in [4.69, 9.17) is 5.73 Å². The molecule has 0 saturated heterocycles. The average Bonchev–Trinajstić information content (AvgIpc) is 2.30. The second kappa shape index (κ2) is 7.12. The third-order valence-corrected chi connectivity index (χ3v) is 3.68. The van der Waals surface area contributed by atoms with Crippen LogP contribution in [-0.2, 0) is 6.54 Å². The molecule has 1 aromatic rings. The van der Waals surface area contributed by atoms with E-state index in [0.717, 1.165) is 29.5 Å². The second-order valence-corrected chi connectivity index (χ2v) is 6.12. The lowest BCUT2D eigenvalue weighted by Crippen LogP contribution is -2.31. The van der Waals surface area contributed by atoms with Crippen molar-refractivity contribution in [2.45, 2.75) is 32.9 Å². The summed E-state index contributed by atoms with van der Waals surface area (Å²) in [7, 11) is 2.05. The van der Waals surface area contributed by atoms with Crippen molar-refractivity contribution in [3.63, 3.8) is 0 Å². The Bertz CT molecular complexity index is 382. The maximum absolute atomic E-state index is 9.78. The number of nitrogens with zero attached hydrogens (tertiary/aromatic N) is 1. The Kier molecular flexibility index (Phi) is 6.12. The Balaban J connectivity index is 2.49. The summed E-state index contributed by atoms with van der Waals surface area (Å²) >= 11 is 3.42. The maximum Gasteiger partial charge on any atom is 0.120 e. The van der Waals surface area contributed by atoms with Gasteiger partial charge < -0.3 is 15.7 Å². The van der Waals surface area contributed by atoms with Gasteiger partial charge in [0.2, 0.25) is 0 Å². The number of hydrogen-bond donors (Lipinski definition) is 2. The van der Waals surface area contributed by atoms with Crippen molar-refractivity contribution >= 4 is 15.9 Å². The molecule has 0 aliphatic carbocycles. The molecule has 1 aromatic carbocycles. The monoisotopic (exact) mass is 314 g/mol. The number of nitrogens with two attached hydrogens (primary N) is 1. The molecule has 1 rings (SSSR count). The average molecular weight is 315 g/mol. The first-order valence-corrected chi connectivity index (χ1v) is 7.11. The molecule has 0 amide bonds. The highest BCUT2D eigenvalue weighted by molar-refractivity contribution is 9.10. The zero-order chi connectivity index (χ0) is 13.7. The van der Waals surface area contributed by atoms with Gasteiger partial charge in [-0.2, -0.15) is 0 Å². The van der Waals surface area contributed by atoms with Crippen molar-refractivity contribution < 1.29 is 5.11 Å². The maximum atomic E-state index is 9.78. The Morgan fingerprint density at radius 3 is 2.67 bits per heavy atom. The third kappa shape index (κ3) is 4.96. The number of phenolic OH excluding ortho intramolecular Hbond substituents is 1. The lowest BCUT2D eigenvalue weighted by molar-refractivity contribution is 0.292.